The van der Waals surface area contributed by atoms with Crippen molar-refractivity contribution in [3.8, 4) is 11.1 Å². The first kappa shape index (κ1) is 20.5. The average Bonchev–Trinajstić information content (AvgIpc) is 2.78. The third kappa shape index (κ3) is 5.03. The molecule has 0 aromatic heterocycles. The van der Waals surface area contributed by atoms with Crippen molar-refractivity contribution in [2.75, 3.05) is 0 Å². The SMILES string of the molecule is C/C=C/C1CCC(C2CCc3cc(-c4ccc(CCCC)cc4)ccc3C2)CC1. The minimum Gasteiger partial charge on any atom is -0.0914 e. The van der Waals surface area contributed by atoms with Crippen LogP contribution in [0.15, 0.2) is 54.6 Å². The number of fused-ring (bicyclic) bond motifs is 1. The first-order valence-corrected chi connectivity index (χ1v) is 12.1. The summed E-state index contributed by atoms with van der Waals surface area (Å²) in [5.41, 5.74) is 7.48. The number of benzene rings is 2. The fraction of sp³-hybridized carbons (Fsp3) is 0.517. The van der Waals surface area contributed by atoms with Crippen LogP contribution in [-0.2, 0) is 19.3 Å². The van der Waals surface area contributed by atoms with Crippen LogP contribution in [0.1, 0.15) is 75.5 Å². The summed E-state index contributed by atoms with van der Waals surface area (Å²) in [5.74, 6) is 2.72. The number of rotatable bonds is 6. The molecule has 29 heavy (non-hydrogen) atoms. The Balaban J connectivity index is 1.40. The normalized spacial score (nSPS) is 24.6. The molecule has 0 aliphatic heterocycles. The van der Waals surface area contributed by atoms with Gasteiger partial charge in [-0.05, 0) is 110 Å². The van der Waals surface area contributed by atoms with E-state index in [4.69, 9.17) is 0 Å². The zero-order valence-corrected chi connectivity index (χ0v) is 18.5. The molecule has 0 radical (unpaired) electrons. The van der Waals surface area contributed by atoms with Gasteiger partial charge in [0.2, 0.25) is 0 Å². The lowest BCUT2D eigenvalue weighted by atomic mass is 9.69. The van der Waals surface area contributed by atoms with E-state index in [1.807, 2.05) is 0 Å². The van der Waals surface area contributed by atoms with Gasteiger partial charge in [0.05, 0.1) is 0 Å². The highest BCUT2D eigenvalue weighted by atomic mass is 14.3. The Morgan fingerprint density at radius 1 is 0.828 bits per heavy atom. The molecule has 154 valence electrons. The van der Waals surface area contributed by atoms with Crippen molar-refractivity contribution in [3.63, 3.8) is 0 Å². The van der Waals surface area contributed by atoms with Crippen LogP contribution in [0.4, 0.5) is 0 Å². The Labute approximate surface area is 178 Å². The predicted octanol–water partition coefficient (Wildman–Crippen LogP) is 8.18. The minimum absolute atomic E-state index is 0.850. The third-order valence-electron chi connectivity index (χ3n) is 7.53. The first-order chi connectivity index (χ1) is 14.3. The third-order valence-corrected chi connectivity index (χ3v) is 7.53. The van der Waals surface area contributed by atoms with Gasteiger partial charge in [0, 0.05) is 0 Å². The van der Waals surface area contributed by atoms with Crippen molar-refractivity contribution in [2.45, 2.75) is 78.1 Å². The Bertz CT molecular complexity index is 802. The van der Waals surface area contributed by atoms with Crippen LogP contribution in [-0.4, -0.2) is 0 Å². The van der Waals surface area contributed by atoms with Crippen molar-refractivity contribution in [1.29, 1.82) is 0 Å². The van der Waals surface area contributed by atoms with Crippen molar-refractivity contribution in [1.82, 2.24) is 0 Å². The molecule has 0 saturated heterocycles. The highest BCUT2D eigenvalue weighted by Gasteiger charge is 2.29. The van der Waals surface area contributed by atoms with Crippen LogP contribution in [0.5, 0.6) is 0 Å². The number of hydrogen-bond donors (Lipinski definition) is 0. The van der Waals surface area contributed by atoms with Crippen molar-refractivity contribution < 1.29 is 0 Å². The van der Waals surface area contributed by atoms with Crippen molar-refractivity contribution in [2.24, 2.45) is 17.8 Å². The summed E-state index contributed by atoms with van der Waals surface area (Å²) in [4.78, 5) is 0. The second-order valence-corrected chi connectivity index (χ2v) is 9.49. The second kappa shape index (κ2) is 9.79. The standard InChI is InChI=1S/C29H38/c1-3-5-7-23-10-14-25(15-11-23)27-17-19-28-20-26(16-18-29(28)21-27)24-12-8-22(6-4-2)9-13-24/h4,6,10-11,14-15,17,19,21-22,24,26H,3,5,7-9,12-13,16,18,20H2,1-2H3/b6-4+. The highest BCUT2D eigenvalue weighted by Crippen LogP contribution is 2.40. The molecule has 0 bridgehead atoms. The van der Waals surface area contributed by atoms with Crippen LogP contribution in [0, 0.1) is 17.8 Å². The summed E-state index contributed by atoms with van der Waals surface area (Å²) in [6, 6.07) is 16.6. The first-order valence-electron chi connectivity index (χ1n) is 12.1. The fourth-order valence-corrected chi connectivity index (χ4v) is 5.69. The highest BCUT2D eigenvalue weighted by molar-refractivity contribution is 5.65. The Morgan fingerprint density at radius 3 is 2.31 bits per heavy atom. The van der Waals surface area contributed by atoms with Gasteiger partial charge in [-0.3, -0.25) is 0 Å². The van der Waals surface area contributed by atoms with Gasteiger partial charge in [-0.2, -0.15) is 0 Å². The molecule has 1 saturated carbocycles. The van der Waals surface area contributed by atoms with E-state index in [0.717, 1.165) is 17.8 Å². The molecule has 1 fully saturated rings. The zero-order valence-electron chi connectivity index (χ0n) is 18.5. The van der Waals surface area contributed by atoms with Gasteiger partial charge < -0.3 is 0 Å². The maximum Gasteiger partial charge on any atom is -0.0181 e. The van der Waals surface area contributed by atoms with Crippen LogP contribution in [0.3, 0.4) is 0 Å². The quantitative estimate of drug-likeness (QED) is 0.439. The number of hydrogen-bond acceptors (Lipinski definition) is 0. The largest absolute Gasteiger partial charge is 0.0914 e. The van der Waals surface area contributed by atoms with E-state index in [0.29, 0.717) is 0 Å². The zero-order chi connectivity index (χ0) is 20.1. The van der Waals surface area contributed by atoms with Crippen LogP contribution < -0.4 is 0 Å². The molecule has 2 aliphatic rings. The van der Waals surface area contributed by atoms with E-state index in [9.17, 15) is 0 Å². The van der Waals surface area contributed by atoms with Crippen molar-refractivity contribution >= 4 is 0 Å². The summed E-state index contributed by atoms with van der Waals surface area (Å²) in [6.45, 7) is 4.43. The van der Waals surface area contributed by atoms with Gasteiger partial charge in [0.1, 0.15) is 0 Å². The molecular formula is C29H38. The van der Waals surface area contributed by atoms with Crippen molar-refractivity contribution in [3.05, 3.63) is 71.3 Å². The predicted molar refractivity (Wildman–Crippen MR) is 126 cm³/mol. The molecule has 0 nitrogen and oxygen atoms in total. The summed E-state index contributed by atoms with van der Waals surface area (Å²) in [7, 11) is 0. The number of aryl methyl sites for hydroxylation is 2. The Hall–Kier alpha value is -1.82. The van der Waals surface area contributed by atoms with Gasteiger partial charge in [-0.15, -0.1) is 0 Å². The van der Waals surface area contributed by atoms with Gasteiger partial charge in [0.15, 0.2) is 0 Å². The molecule has 2 aliphatic carbocycles. The molecule has 0 heteroatoms. The molecule has 2 aromatic rings. The van der Waals surface area contributed by atoms with Crippen LogP contribution in [0.25, 0.3) is 11.1 Å². The maximum atomic E-state index is 2.48. The molecule has 0 amide bonds. The molecule has 1 atom stereocenters. The van der Waals surface area contributed by atoms with Gasteiger partial charge in [-0.1, -0.05) is 68.0 Å². The lowest BCUT2D eigenvalue weighted by Gasteiger charge is -2.36. The lowest BCUT2D eigenvalue weighted by molar-refractivity contribution is 0.206. The summed E-state index contributed by atoms with van der Waals surface area (Å²) in [5, 5.41) is 0. The van der Waals surface area contributed by atoms with E-state index in [-0.39, 0.29) is 0 Å². The number of unbranched alkanes of at least 4 members (excludes halogenated alkanes) is 1. The summed E-state index contributed by atoms with van der Waals surface area (Å²) >= 11 is 0. The van der Waals surface area contributed by atoms with Gasteiger partial charge in [0.25, 0.3) is 0 Å². The van der Waals surface area contributed by atoms with Crippen LogP contribution in [0.2, 0.25) is 0 Å². The maximum absolute atomic E-state index is 2.48. The summed E-state index contributed by atoms with van der Waals surface area (Å²) in [6.07, 6.45) is 18.1. The summed E-state index contributed by atoms with van der Waals surface area (Å²) < 4.78 is 0. The topological polar surface area (TPSA) is 0 Å². The molecule has 2 aromatic carbocycles. The average molecular weight is 387 g/mol. The van der Waals surface area contributed by atoms with E-state index < -0.39 is 0 Å². The van der Waals surface area contributed by atoms with E-state index >= 15 is 0 Å². The minimum atomic E-state index is 0.850. The van der Waals surface area contributed by atoms with Crippen LogP contribution >= 0.6 is 0 Å². The lowest BCUT2D eigenvalue weighted by Crippen LogP contribution is -2.26. The molecule has 4 rings (SSSR count). The fourth-order valence-electron chi connectivity index (χ4n) is 5.69. The van der Waals surface area contributed by atoms with E-state index in [2.05, 4.69) is 68.5 Å². The van der Waals surface area contributed by atoms with Gasteiger partial charge >= 0.3 is 0 Å². The second-order valence-electron chi connectivity index (χ2n) is 9.49. The Kier molecular flexibility index (Phi) is 6.90. The van der Waals surface area contributed by atoms with E-state index in [1.165, 1.54) is 80.9 Å². The molecule has 1 unspecified atom stereocenters. The molecule has 0 N–H and O–H groups in total. The smallest absolute Gasteiger partial charge is 0.0181 e. The monoisotopic (exact) mass is 386 g/mol. The molecular weight excluding hydrogens is 348 g/mol. The number of allylic oxidation sites excluding steroid dienone is 2. The van der Waals surface area contributed by atoms with E-state index in [1.54, 1.807) is 11.1 Å². The Morgan fingerprint density at radius 2 is 1.59 bits per heavy atom. The van der Waals surface area contributed by atoms with Gasteiger partial charge in [-0.25, -0.2) is 0 Å². The molecule has 0 heterocycles. The molecule has 0 spiro atoms.